The van der Waals surface area contributed by atoms with Crippen LogP contribution in [-0.4, -0.2) is 19.3 Å². The van der Waals surface area contributed by atoms with Crippen LogP contribution >= 0.6 is 0 Å². The summed E-state index contributed by atoms with van der Waals surface area (Å²) in [5, 5.41) is 11.7. The average molecular weight is 298 g/mol. The molecule has 1 heterocycles. The van der Waals surface area contributed by atoms with Gasteiger partial charge in [0.25, 0.3) is 0 Å². The largest absolute Gasteiger partial charge is 0.417 e. The van der Waals surface area contributed by atoms with E-state index in [1.54, 1.807) is 6.07 Å². The van der Waals surface area contributed by atoms with Crippen LogP contribution in [0.1, 0.15) is 36.8 Å². The number of nitrogens with zero attached hydrogens (tertiary/aromatic N) is 1. The van der Waals surface area contributed by atoms with Gasteiger partial charge in [-0.15, -0.1) is 0 Å². The Labute approximate surface area is 121 Å². The van der Waals surface area contributed by atoms with Crippen LogP contribution in [0, 0.1) is 11.3 Å². The minimum Gasteiger partial charge on any atom is -0.385 e. The van der Waals surface area contributed by atoms with Crippen LogP contribution in [-0.2, 0) is 10.9 Å². The summed E-state index contributed by atoms with van der Waals surface area (Å²) in [6.45, 7) is 1.31. The maximum Gasteiger partial charge on any atom is 0.417 e. The lowest BCUT2D eigenvalue weighted by molar-refractivity contribution is -0.137. The zero-order chi connectivity index (χ0) is 15.3. The van der Waals surface area contributed by atoms with Crippen molar-refractivity contribution in [1.82, 2.24) is 0 Å². The molecule has 1 fully saturated rings. The molecule has 1 aliphatic heterocycles. The molecular weight excluding hydrogens is 281 g/mol. The zero-order valence-corrected chi connectivity index (χ0v) is 11.5. The van der Waals surface area contributed by atoms with E-state index in [0.29, 0.717) is 12.2 Å². The number of ether oxygens (including phenoxy) is 1. The molecule has 1 aromatic rings. The van der Waals surface area contributed by atoms with Gasteiger partial charge < -0.3 is 10.1 Å². The van der Waals surface area contributed by atoms with Crippen molar-refractivity contribution >= 4 is 5.69 Å². The second-order valence-electron chi connectivity index (χ2n) is 5.07. The molecule has 2 rings (SSSR count). The summed E-state index contributed by atoms with van der Waals surface area (Å²) >= 11 is 0. The number of alkyl halides is 3. The highest BCUT2D eigenvalue weighted by molar-refractivity contribution is 5.53. The summed E-state index contributed by atoms with van der Waals surface area (Å²) < 4.78 is 44.1. The van der Waals surface area contributed by atoms with Gasteiger partial charge in [-0.05, 0) is 43.9 Å². The highest BCUT2D eigenvalue weighted by Crippen LogP contribution is 2.33. The highest BCUT2D eigenvalue weighted by Gasteiger charge is 2.33. The Morgan fingerprint density at radius 1 is 1.33 bits per heavy atom. The van der Waals surface area contributed by atoms with Crippen LogP contribution in [0.25, 0.3) is 0 Å². The molecule has 1 atom stereocenters. The van der Waals surface area contributed by atoms with E-state index in [2.05, 4.69) is 5.32 Å². The molecule has 0 bridgehead atoms. The molecule has 1 aliphatic rings. The van der Waals surface area contributed by atoms with Gasteiger partial charge in [-0.2, -0.15) is 18.4 Å². The maximum absolute atomic E-state index is 12.8. The van der Waals surface area contributed by atoms with E-state index >= 15 is 0 Å². The number of anilines is 1. The van der Waals surface area contributed by atoms with Crippen LogP contribution in [0.4, 0.5) is 18.9 Å². The molecule has 3 nitrogen and oxygen atoms in total. The number of rotatable bonds is 4. The first-order valence-corrected chi connectivity index (χ1v) is 6.97. The van der Waals surface area contributed by atoms with E-state index in [-0.39, 0.29) is 11.7 Å². The van der Waals surface area contributed by atoms with Gasteiger partial charge in [0, 0.05) is 18.8 Å². The second kappa shape index (κ2) is 6.81. The monoisotopic (exact) mass is 298 g/mol. The van der Waals surface area contributed by atoms with E-state index in [9.17, 15) is 13.2 Å². The normalized spacial score (nSPS) is 19.0. The lowest BCUT2D eigenvalue weighted by Gasteiger charge is -2.22. The quantitative estimate of drug-likeness (QED) is 0.915. The average Bonchev–Trinajstić information content (AvgIpc) is 2.47. The number of hydrogen-bond acceptors (Lipinski definition) is 3. The minimum absolute atomic E-state index is 0.187. The van der Waals surface area contributed by atoms with Gasteiger partial charge in [0.15, 0.2) is 0 Å². The van der Waals surface area contributed by atoms with Gasteiger partial charge in [0.2, 0.25) is 0 Å². The van der Waals surface area contributed by atoms with Crippen LogP contribution in [0.15, 0.2) is 18.2 Å². The number of nitriles is 1. The van der Waals surface area contributed by atoms with Gasteiger partial charge in [-0.3, -0.25) is 0 Å². The fourth-order valence-corrected chi connectivity index (χ4v) is 2.40. The molecule has 114 valence electrons. The molecule has 6 heteroatoms. The highest BCUT2D eigenvalue weighted by atomic mass is 19.4. The molecule has 1 unspecified atom stereocenters. The zero-order valence-electron chi connectivity index (χ0n) is 11.5. The van der Waals surface area contributed by atoms with E-state index in [1.165, 1.54) is 12.1 Å². The van der Waals surface area contributed by atoms with Crippen molar-refractivity contribution < 1.29 is 17.9 Å². The number of halogens is 3. The Morgan fingerprint density at radius 3 is 2.76 bits per heavy atom. The SMILES string of the molecule is N#Cc1ccc(NCCC2CCCCO2)cc1C(F)(F)F. The second-order valence-corrected chi connectivity index (χ2v) is 5.07. The van der Waals surface area contributed by atoms with Gasteiger partial charge in [-0.25, -0.2) is 0 Å². The minimum atomic E-state index is -4.52. The van der Waals surface area contributed by atoms with E-state index in [0.717, 1.165) is 38.4 Å². The molecule has 0 amide bonds. The maximum atomic E-state index is 12.8. The van der Waals surface area contributed by atoms with Crippen molar-refractivity contribution in [3.05, 3.63) is 29.3 Å². The van der Waals surface area contributed by atoms with Crippen LogP contribution < -0.4 is 5.32 Å². The Hall–Kier alpha value is -1.74. The third-order valence-corrected chi connectivity index (χ3v) is 3.51. The molecule has 1 N–H and O–H groups in total. The van der Waals surface area contributed by atoms with Gasteiger partial charge in [0.05, 0.1) is 23.3 Å². The van der Waals surface area contributed by atoms with E-state index in [4.69, 9.17) is 10.00 Å². The first-order valence-electron chi connectivity index (χ1n) is 6.97. The van der Waals surface area contributed by atoms with Gasteiger partial charge >= 0.3 is 6.18 Å². The third-order valence-electron chi connectivity index (χ3n) is 3.51. The van der Waals surface area contributed by atoms with Crippen molar-refractivity contribution in [2.75, 3.05) is 18.5 Å². The van der Waals surface area contributed by atoms with Gasteiger partial charge in [0.1, 0.15) is 0 Å². The summed E-state index contributed by atoms with van der Waals surface area (Å²) in [6, 6.07) is 5.25. The molecule has 1 saturated heterocycles. The standard InChI is InChI=1S/C15H17F3N2O/c16-15(17,18)14-9-12(5-4-11(14)10-19)20-7-6-13-3-1-2-8-21-13/h4-5,9,13,20H,1-3,6-8H2. The van der Waals surface area contributed by atoms with Crippen molar-refractivity contribution in [3.8, 4) is 6.07 Å². The molecule has 0 spiro atoms. The predicted octanol–water partition coefficient (Wildman–Crippen LogP) is 3.95. The Morgan fingerprint density at radius 2 is 2.14 bits per heavy atom. The molecule has 0 saturated carbocycles. The Bertz CT molecular complexity index is 517. The lowest BCUT2D eigenvalue weighted by Crippen LogP contribution is -2.22. The summed E-state index contributed by atoms with van der Waals surface area (Å²) in [7, 11) is 0. The van der Waals surface area contributed by atoms with Crippen LogP contribution in [0.2, 0.25) is 0 Å². The van der Waals surface area contributed by atoms with Crippen molar-refractivity contribution in [2.24, 2.45) is 0 Å². The van der Waals surface area contributed by atoms with E-state index in [1.807, 2.05) is 0 Å². The van der Waals surface area contributed by atoms with Crippen molar-refractivity contribution in [3.63, 3.8) is 0 Å². The third kappa shape index (κ3) is 4.36. The van der Waals surface area contributed by atoms with Gasteiger partial charge in [-0.1, -0.05) is 0 Å². The first-order chi connectivity index (χ1) is 10.0. The van der Waals surface area contributed by atoms with Crippen LogP contribution in [0.5, 0.6) is 0 Å². The fourth-order valence-electron chi connectivity index (χ4n) is 2.40. The van der Waals surface area contributed by atoms with Crippen molar-refractivity contribution in [2.45, 2.75) is 38.0 Å². The molecule has 0 radical (unpaired) electrons. The molecule has 0 aromatic heterocycles. The fraction of sp³-hybridized carbons (Fsp3) is 0.533. The first kappa shape index (κ1) is 15.6. The molecular formula is C15H17F3N2O. The Balaban J connectivity index is 1.96. The molecule has 0 aliphatic carbocycles. The summed E-state index contributed by atoms with van der Waals surface area (Å²) in [5.74, 6) is 0. The van der Waals surface area contributed by atoms with E-state index < -0.39 is 11.7 Å². The molecule has 1 aromatic carbocycles. The number of benzene rings is 1. The summed E-state index contributed by atoms with van der Waals surface area (Å²) in [5.41, 5.74) is -0.885. The number of nitrogens with one attached hydrogen (secondary N) is 1. The Kier molecular flexibility index (Phi) is 5.07. The summed E-state index contributed by atoms with van der Waals surface area (Å²) in [6.07, 6.45) is -0.347. The summed E-state index contributed by atoms with van der Waals surface area (Å²) in [4.78, 5) is 0. The smallest absolute Gasteiger partial charge is 0.385 e. The lowest BCUT2D eigenvalue weighted by atomic mass is 10.1. The topological polar surface area (TPSA) is 45.0 Å². The predicted molar refractivity (Wildman–Crippen MR) is 72.9 cm³/mol. The van der Waals surface area contributed by atoms with Crippen molar-refractivity contribution in [1.29, 1.82) is 5.26 Å². The van der Waals surface area contributed by atoms with Crippen LogP contribution in [0.3, 0.4) is 0 Å². The molecule has 21 heavy (non-hydrogen) atoms. The number of hydrogen-bond donors (Lipinski definition) is 1.